The molecule has 2 aromatic rings. The van der Waals surface area contributed by atoms with E-state index in [0.29, 0.717) is 42.3 Å². The Morgan fingerprint density at radius 2 is 1.86 bits per heavy atom. The number of methoxy groups -OCH3 is 2. The number of nitro benzene ring substituents is 1. The lowest BCUT2D eigenvalue weighted by molar-refractivity contribution is -0.384. The van der Waals surface area contributed by atoms with E-state index in [1.807, 2.05) is 30.1 Å². The van der Waals surface area contributed by atoms with Crippen molar-refractivity contribution in [2.24, 2.45) is 0 Å². The maximum Gasteiger partial charge on any atom is 0.269 e. The van der Waals surface area contributed by atoms with Gasteiger partial charge in [0.1, 0.15) is 0 Å². The van der Waals surface area contributed by atoms with Crippen molar-refractivity contribution in [2.45, 2.75) is 19.9 Å². The average molecular weight is 387 g/mol. The molecular weight excluding hydrogens is 362 g/mol. The average Bonchev–Trinajstić information content (AvgIpc) is 2.67. The molecule has 0 radical (unpaired) electrons. The maximum atomic E-state index is 12.2. The minimum Gasteiger partial charge on any atom is -0.493 e. The first kappa shape index (κ1) is 21.2. The number of carbonyl (C=O) groups is 1. The lowest BCUT2D eigenvalue weighted by Crippen LogP contribution is -2.24. The number of amides is 1. The lowest BCUT2D eigenvalue weighted by Gasteiger charge is -2.18. The van der Waals surface area contributed by atoms with E-state index in [1.165, 1.54) is 12.1 Å². The van der Waals surface area contributed by atoms with Crippen LogP contribution < -0.4 is 14.8 Å². The highest BCUT2D eigenvalue weighted by Gasteiger charge is 2.12. The zero-order valence-electron chi connectivity index (χ0n) is 16.5. The molecule has 0 aliphatic carbocycles. The molecule has 28 heavy (non-hydrogen) atoms. The van der Waals surface area contributed by atoms with Gasteiger partial charge in [0.25, 0.3) is 5.69 Å². The number of nitrogens with zero attached hydrogens (tertiary/aromatic N) is 2. The second-order valence-corrected chi connectivity index (χ2v) is 6.48. The van der Waals surface area contributed by atoms with Gasteiger partial charge in [-0.2, -0.15) is 0 Å². The molecule has 2 rings (SSSR count). The standard InChI is InChI=1S/C20H25N3O5/c1-14-11-16(23(25)26)6-7-17(14)21-20(24)9-10-22(2)13-15-5-8-18(27-3)19(12-15)28-4/h5-8,11-12H,9-10,13H2,1-4H3,(H,21,24). The van der Waals surface area contributed by atoms with Crippen molar-refractivity contribution in [1.29, 1.82) is 0 Å². The molecule has 0 fully saturated rings. The van der Waals surface area contributed by atoms with Crippen molar-refractivity contribution in [3.8, 4) is 11.5 Å². The second kappa shape index (κ2) is 9.70. The number of hydrogen-bond acceptors (Lipinski definition) is 6. The minimum atomic E-state index is -0.457. The van der Waals surface area contributed by atoms with E-state index < -0.39 is 4.92 Å². The molecule has 150 valence electrons. The lowest BCUT2D eigenvalue weighted by atomic mass is 10.1. The molecule has 0 heterocycles. The van der Waals surface area contributed by atoms with Crippen molar-refractivity contribution < 1.29 is 19.2 Å². The number of hydrogen-bond donors (Lipinski definition) is 1. The molecule has 0 saturated carbocycles. The maximum absolute atomic E-state index is 12.2. The molecule has 8 nitrogen and oxygen atoms in total. The number of aryl methyl sites for hydroxylation is 1. The normalized spacial score (nSPS) is 10.6. The molecule has 8 heteroatoms. The summed E-state index contributed by atoms with van der Waals surface area (Å²) in [4.78, 5) is 24.6. The Kier molecular flexibility index (Phi) is 7.34. The van der Waals surface area contributed by atoms with E-state index in [-0.39, 0.29) is 11.6 Å². The third-order valence-corrected chi connectivity index (χ3v) is 4.32. The van der Waals surface area contributed by atoms with Gasteiger partial charge in [0.05, 0.1) is 19.1 Å². The van der Waals surface area contributed by atoms with E-state index >= 15 is 0 Å². The van der Waals surface area contributed by atoms with Crippen molar-refractivity contribution in [3.63, 3.8) is 0 Å². The Labute approximate surface area is 164 Å². The van der Waals surface area contributed by atoms with Gasteiger partial charge in [-0.1, -0.05) is 6.07 Å². The number of nitrogens with one attached hydrogen (secondary N) is 1. The van der Waals surface area contributed by atoms with Gasteiger partial charge in [0, 0.05) is 37.3 Å². The summed E-state index contributed by atoms with van der Waals surface area (Å²) in [6, 6.07) is 10.1. The summed E-state index contributed by atoms with van der Waals surface area (Å²) in [5.41, 5.74) is 2.29. The Morgan fingerprint density at radius 1 is 1.14 bits per heavy atom. The minimum absolute atomic E-state index is 0.00477. The SMILES string of the molecule is COc1ccc(CN(C)CCC(=O)Nc2ccc([N+](=O)[O-])cc2C)cc1OC. The molecule has 1 N–H and O–H groups in total. The van der Waals surface area contributed by atoms with Crippen molar-refractivity contribution in [1.82, 2.24) is 4.90 Å². The highest BCUT2D eigenvalue weighted by atomic mass is 16.6. The summed E-state index contributed by atoms with van der Waals surface area (Å²) in [5.74, 6) is 1.20. The van der Waals surface area contributed by atoms with Crippen LogP contribution in [0.15, 0.2) is 36.4 Å². The summed E-state index contributed by atoms with van der Waals surface area (Å²) in [6.45, 7) is 2.95. The predicted octanol–water partition coefficient (Wildman–Crippen LogP) is 3.38. The summed E-state index contributed by atoms with van der Waals surface area (Å²) >= 11 is 0. The van der Waals surface area contributed by atoms with Crippen molar-refractivity contribution in [2.75, 3.05) is 33.1 Å². The van der Waals surface area contributed by atoms with Crippen molar-refractivity contribution >= 4 is 17.3 Å². The van der Waals surface area contributed by atoms with Crippen LogP contribution in [-0.2, 0) is 11.3 Å². The summed E-state index contributed by atoms with van der Waals surface area (Å²) in [6.07, 6.45) is 0.306. The number of carbonyl (C=O) groups excluding carboxylic acids is 1. The second-order valence-electron chi connectivity index (χ2n) is 6.48. The summed E-state index contributed by atoms with van der Waals surface area (Å²) in [7, 11) is 5.12. The van der Waals surface area contributed by atoms with E-state index in [4.69, 9.17) is 9.47 Å². The molecule has 2 aromatic carbocycles. The zero-order chi connectivity index (χ0) is 20.7. The molecule has 0 unspecified atom stereocenters. The van der Waals surface area contributed by atoms with Gasteiger partial charge in [0.15, 0.2) is 11.5 Å². The predicted molar refractivity (Wildman–Crippen MR) is 107 cm³/mol. The van der Waals surface area contributed by atoms with Gasteiger partial charge in [-0.25, -0.2) is 0 Å². The molecule has 0 aromatic heterocycles. The van der Waals surface area contributed by atoms with Gasteiger partial charge in [-0.15, -0.1) is 0 Å². The van der Waals surface area contributed by atoms with Gasteiger partial charge < -0.3 is 19.7 Å². The van der Waals surface area contributed by atoms with Gasteiger partial charge in [-0.05, 0) is 43.3 Å². The fourth-order valence-corrected chi connectivity index (χ4v) is 2.78. The molecule has 0 saturated heterocycles. The van der Waals surface area contributed by atoms with Crippen LogP contribution in [0, 0.1) is 17.0 Å². The molecule has 0 aliphatic rings. The summed E-state index contributed by atoms with van der Waals surface area (Å²) < 4.78 is 10.5. The fourth-order valence-electron chi connectivity index (χ4n) is 2.78. The number of ether oxygens (including phenoxy) is 2. The zero-order valence-corrected chi connectivity index (χ0v) is 16.5. The topological polar surface area (TPSA) is 93.9 Å². The monoisotopic (exact) mass is 387 g/mol. The highest BCUT2D eigenvalue weighted by molar-refractivity contribution is 5.91. The Hall–Kier alpha value is -3.13. The molecule has 1 amide bonds. The van der Waals surface area contributed by atoms with E-state index in [9.17, 15) is 14.9 Å². The van der Waals surface area contributed by atoms with Crippen LogP contribution in [0.4, 0.5) is 11.4 Å². The van der Waals surface area contributed by atoms with Crippen LogP contribution in [-0.4, -0.2) is 43.5 Å². The van der Waals surface area contributed by atoms with Crippen LogP contribution >= 0.6 is 0 Å². The van der Waals surface area contributed by atoms with Gasteiger partial charge >= 0.3 is 0 Å². The molecular formula is C20H25N3O5. The van der Waals surface area contributed by atoms with E-state index in [1.54, 1.807) is 27.2 Å². The van der Waals surface area contributed by atoms with E-state index in [2.05, 4.69) is 5.32 Å². The third kappa shape index (κ3) is 5.68. The Balaban J connectivity index is 1.88. The van der Waals surface area contributed by atoms with Crippen LogP contribution in [0.2, 0.25) is 0 Å². The Bertz CT molecular complexity index is 854. The number of anilines is 1. The number of rotatable bonds is 9. The van der Waals surface area contributed by atoms with Crippen LogP contribution in [0.25, 0.3) is 0 Å². The van der Waals surface area contributed by atoms with Crippen LogP contribution in [0.1, 0.15) is 17.5 Å². The fraction of sp³-hybridized carbons (Fsp3) is 0.350. The van der Waals surface area contributed by atoms with Gasteiger partial charge in [-0.3, -0.25) is 14.9 Å². The number of benzene rings is 2. The largest absolute Gasteiger partial charge is 0.493 e. The van der Waals surface area contributed by atoms with Crippen LogP contribution in [0.3, 0.4) is 0 Å². The quantitative estimate of drug-likeness (QED) is 0.524. The summed E-state index contributed by atoms with van der Waals surface area (Å²) in [5, 5.41) is 13.6. The number of non-ortho nitro benzene ring substituents is 1. The molecule has 0 aliphatic heterocycles. The molecule has 0 bridgehead atoms. The third-order valence-electron chi connectivity index (χ3n) is 4.32. The highest BCUT2D eigenvalue weighted by Crippen LogP contribution is 2.28. The van der Waals surface area contributed by atoms with Gasteiger partial charge in [0.2, 0.25) is 5.91 Å². The molecule has 0 atom stereocenters. The molecule has 0 spiro atoms. The first-order valence-electron chi connectivity index (χ1n) is 8.78. The number of nitro groups is 1. The smallest absolute Gasteiger partial charge is 0.269 e. The Morgan fingerprint density at radius 3 is 2.46 bits per heavy atom. The van der Waals surface area contributed by atoms with Crippen molar-refractivity contribution in [3.05, 3.63) is 57.6 Å². The van der Waals surface area contributed by atoms with E-state index in [0.717, 1.165) is 5.56 Å². The first-order chi connectivity index (χ1) is 13.3. The van der Waals surface area contributed by atoms with Crippen LogP contribution in [0.5, 0.6) is 11.5 Å². The first-order valence-corrected chi connectivity index (χ1v) is 8.78.